The minimum atomic E-state index is -4.60. The Kier molecular flexibility index (Phi) is 3.62. The van der Waals surface area contributed by atoms with Crippen LogP contribution in [0.25, 0.3) is 0 Å². The first-order valence-corrected chi connectivity index (χ1v) is 4.60. The molecule has 0 aromatic heterocycles. The van der Waals surface area contributed by atoms with Crippen LogP contribution in [0.3, 0.4) is 0 Å². The second-order valence-corrected chi connectivity index (χ2v) is 3.40. The van der Waals surface area contributed by atoms with E-state index < -0.39 is 35.9 Å². The van der Waals surface area contributed by atoms with Gasteiger partial charge in [-0.3, -0.25) is 4.79 Å². The molecule has 0 bridgehead atoms. The molecule has 0 amide bonds. The van der Waals surface area contributed by atoms with Gasteiger partial charge in [-0.15, -0.1) is 0 Å². The summed E-state index contributed by atoms with van der Waals surface area (Å²) >= 11 is 0. The number of aromatic hydroxyl groups is 1. The van der Waals surface area contributed by atoms with Crippen LogP contribution in [0.1, 0.15) is 17.0 Å². The highest BCUT2D eigenvalue weighted by molar-refractivity contribution is 5.77. The number of hydrogen-bond donors (Lipinski definition) is 3. The third kappa shape index (κ3) is 2.88. The summed E-state index contributed by atoms with van der Waals surface area (Å²) in [4.78, 5) is 10.8. The molecule has 0 saturated carbocycles. The molecule has 0 aliphatic heterocycles. The Morgan fingerprint density at radius 2 is 2.00 bits per heavy atom. The molecule has 7 heteroatoms. The lowest BCUT2D eigenvalue weighted by Gasteiger charge is -2.14. The maximum Gasteiger partial charge on any atom is 0.416 e. The molecule has 4 nitrogen and oxygen atoms in total. The van der Waals surface area contributed by atoms with Gasteiger partial charge in [0, 0.05) is 12.1 Å². The predicted molar refractivity (Wildman–Crippen MR) is 52.5 cm³/mol. The van der Waals surface area contributed by atoms with E-state index in [4.69, 9.17) is 10.8 Å². The van der Waals surface area contributed by atoms with Gasteiger partial charge in [-0.05, 0) is 18.2 Å². The van der Waals surface area contributed by atoms with E-state index in [0.717, 1.165) is 6.07 Å². The van der Waals surface area contributed by atoms with Crippen LogP contribution in [0.5, 0.6) is 5.75 Å². The van der Waals surface area contributed by atoms with Crippen LogP contribution in [-0.2, 0) is 11.0 Å². The average molecular weight is 249 g/mol. The minimum Gasteiger partial charge on any atom is -0.508 e. The minimum absolute atomic E-state index is 0.338. The van der Waals surface area contributed by atoms with E-state index in [1.165, 1.54) is 0 Å². The number of phenols is 1. The number of aliphatic carboxylic acids is 1. The summed E-state index contributed by atoms with van der Waals surface area (Å²) in [5.74, 6) is -3.27. The predicted octanol–water partition coefficient (Wildman–Crippen LogP) is 1.54. The van der Waals surface area contributed by atoms with Crippen LogP contribution < -0.4 is 5.73 Å². The van der Waals surface area contributed by atoms with Crippen molar-refractivity contribution in [3.05, 3.63) is 29.3 Å². The second-order valence-electron chi connectivity index (χ2n) is 3.40. The highest BCUT2D eigenvalue weighted by atomic mass is 19.4. The number of rotatable bonds is 3. The number of carboxylic acid groups (broad SMARTS) is 1. The molecular weight excluding hydrogens is 239 g/mol. The Balaban J connectivity index is 3.28. The molecule has 1 atom stereocenters. The standard InChI is InChI=1S/C10H10F3NO3/c11-10(12,13)5-1-2-8(15)6(3-5)7(4-14)9(16)17/h1-3,7,15H,4,14H2,(H,16,17). The van der Waals surface area contributed by atoms with Crippen molar-refractivity contribution in [1.29, 1.82) is 0 Å². The Morgan fingerprint density at radius 3 is 2.41 bits per heavy atom. The van der Waals surface area contributed by atoms with Crippen molar-refractivity contribution in [1.82, 2.24) is 0 Å². The summed E-state index contributed by atoms with van der Waals surface area (Å²) < 4.78 is 37.2. The van der Waals surface area contributed by atoms with E-state index in [2.05, 4.69) is 0 Å². The number of carbonyl (C=O) groups is 1. The van der Waals surface area contributed by atoms with Gasteiger partial charge in [0.05, 0.1) is 11.5 Å². The van der Waals surface area contributed by atoms with Gasteiger partial charge in [0.1, 0.15) is 5.75 Å². The second kappa shape index (κ2) is 4.62. The van der Waals surface area contributed by atoms with Gasteiger partial charge >= 0.3 is 12.1 Å². The Labute approximate surface area is 94.5 Å². The molecule has 0 fully saturated rings. The van der Waals surface area contributed by atoms with Gasteiger partial charge in [-0.2, -0.15) is 13.2 Å². The molecule has 0 aliphatic rings. The van der Waals surface area contributed by atoms with Gasteiger partial charge in [-0.25, -0.2) is 0 Å². The van der Waals surface area contributed by atoms with Crippen LogP contribution in [0, 0.1) is 0 Å². The molecule has 4 N–H and O–H groups in total. The molecule has 0 spiro atoms. The summed E-state index contributed by atoms with van der Waals surface area (Å²) in [6, 6.07) is 2.08. The summed E-state index contributed by atoms with van der Waals surface area (Å²) in [7, 11) is 0. The lowest BCUT2D eigenvalue weighted by Crippen LogP contribution is -2.21. The van der Waals surface area contributed by atoms with Crippen LogP contribution in [0.15, 0.2) is 18.2 Å². The first-order valence-electron chi connectivity index (χ1n) is 4.60. The lowest BCUT2D eigenvalue weighted by atomic mass is 9.96. The highest BCUT2D eigenvalue weighted by Gasteiger charge is 2.32. The lowest BCUT2D eigenvalue weighted by molar-refractivity contribution is -0.140. The van der Waals surface area contributed by atoms with Crippen molar-refractivity contribution in [3.63, 3.8) is 0 Å². The summed E-state index contributed by atoms with van der Waals surface area (Å²) in [5.41, 5.74) is 3.80. The number of halogens is 3. The fourth-order valence-electron chi connectivity index (χ4n) is 1.37. The zero-order valence-electron chi connectivity index (χ0n) is 8.53. The molecule has 0 aliphatic carbocycles. The number of phenolic OH excluding ortho intramolecular Hbond substituents is 1. The van der Waals surface area contributed by atoms with E-state index in [1.807, 2.05) is 0 Å². The van der Waals surface area contributed by atoms with Gasteiger partial charge < -0.3 is 15.9 Å². The van der Waals surface area contributed by atoms with E-state index in [-0.39, 0.29) is 5.56 Å². The number of alkyl halides is 3. The van der Waals surface area contributed by atoms with Crippen molar-refractivity contribution in [2.45, 2.75) is 12.1 Å². The molecule has 1 rings (SSSR count). The van der Waals surface area contributed by atoms with Crippen LogP contribution in [0.4, 0.5) is 13.2 Å². The largest absolute Gasteiger partial charge is 0.508 e. The molecule has 94 valence electrons. The Bertz CT molecular complexity index is 431. The molecule has 1 aromatic rings. The molecule has 0 radical (unpaired) electrons. The Hall–Kier alpha value is -1.76. The third-order valence-corrected chi connectivity index (χ3v) is 2.26. The number of nitrogens with two attached hydrogens (primary N) is 1. The zero-order chi connectivity index (χ0) is 13.2. The van der Waals surface area contributed by atoms with Crippen LogP contribution >= 0.6 is 0 Å². The van der Waals surface area contributed by atoms with Crippen molar-refractivity contribution < 1.29 is 28.2 Å². The van der Waals surface area contributed by atoms with Crippen LogP contribution in [-0.4, -0.2) is 22.7 Å². The average Bonchev–Trinajstić information content (AvgIpc) is 2.19. The SMILES string of the molecule is NCC(C(=O)O)c1cc(C(F)(F)F)ccc1O. The first-order chi connectivity index (χ1) is 7.77. The number of hydrogen-bond acceptors (Lipinski definition) is 3. The molecule has 0 saturated heterocycles. The fourth-order valence-corrected chi connectivity index (χ4v) is 1.37. The smallest absolute Gasteiger partial charge is 0.416 e. The molecule has 1 unspecified atom stereocenters. The number of carboxylic acids is 1. The molecule has 1 aromatic carbocycles. The van der Waals surface area contributed by atoms with Crippen LogP contribution in [0.2, 0.25) is 0 Å². The van der Waals surface area contributed by atoms with Crippen molar-refractivity contribution in [2.24, 2.45) is 5.73 Å². The van der Waals surface area contributed by atoms with Gasteiger partial charge in [0.2, 0.25) is 0 Å². The molecule has 0 heterocycles. The Morgan fingerprint density at radius 1 is 1.41 bits per heavy atom. The van der Waals surface area contributed by atoms with E-state index >= 15 is 0 Å². The van der Waals surface area contributed by atoms with Crippen molar-refractivity contribution in [3.8, 4) is 5.75 Å². The van der Waals surface area contributed by atoms with Crippen molar-refractivity contribution >= 4 is 5.97 Å². The van der Waals surface area contributed by atoms with E-state index in [9.17, 15) is 23.1 Å². The van der Waals surface area contributed by atoms with E-state index in [0.29, 0.717) is 12.1 Å². The zero-order valence-corrected chi connectivity index (χ0v) is 8.53. The molecule has 17 heavy (non-hydrogen) atoms. The maximum absolute atomic E-state index is 12.4. The third-order valence-electron chi connectivity index (χ3n) is 2.26. The number of benzene rings is 1. The molecular formula is C10H10F3NO3. The topological polar surface area (TPSA) is 83.6 Å². The summed E-state index contributed by atoms with van der Waals surface area (Å²) in [6.07, 6.45) is -4.60. The van der Waals surface area contributed by atoms with E-state index in [1.54, 1.807) is 0 Å². The fraction of sp³-hybridized carbons (Fsp3) is 0.300. The maximum atomic E-state index is 12.4. The summed E-state index contributed by atoms with van der Waals surface area (Å²) in [5, 5.41) is 18.1. The summed E-state index contributed by atoms with van der Waals surface area (Å²) in [6.45, 7) is -0.399. The van der Waals surface area contributed by atoms with Gasteiger partial charge in [-0.1, -0.05) is 0 Å². The van der Waals surface area contributed by atoms with Crippen molar-refractivity contribution in [2.75, 3.05) is 6.54 Å². The quantitative estimate of drug-likeness (QED) is 0.758. The van der Waals surface area contributed by atoms with Gasteiger partial charge in [0.15, 0.2) is 0 Å². The first kappa shape index (κ1) is 13.3. The highest BCUT2D eigenvalue weighted by Crippen LogP contribution is 2.34. The monoisotopic (exact) mass is 249 g/mol. The van der Waals surface area contributed by atoms with Gasteiger partial charge in [0.25, 0.3) is 0 Å². The normalized spacial score (nSPS) is 13.4.